The Labute approximate surface area is 139 Å². The molecule has 4 nitrogen and oxygen atoms in total. The number of amides is 2. The Morgan fingerprint density at radius 3 is 2.33 bits per heavy atom. The average Bonchev–Trinajstić information content (AvgIpc) is 3.22. The van der Waals surface area contributed by atoms with Crippen LogP contribution < -0.4 is 0 Å². The van der Waals surface area contributed by atoms with Crippen molar-refractivity contribution in [3.8, 4) is 0 Å². The first-order valence-electron chi connectivity index (χ1n) is 8.25. The highest BCUT2D eigenvalue weighted by Gasteiger charge is 2.37. The van der Waals surface area contributed by atoms with E-state index in [1.807, 2.05) is 12.1 Å². The van der Waals surface area contributed by atoms with Gasteiger partial charge in [-0.05, 0) is 36.1 Å². The first-order chi connectivity index (χ1) is 11.7. The molecule has 4 heteroatoms. The number of rotatable bonds is 2. The molecule has 2 amide bonds. The quantitative estimate of drug-likeness (QED) is 0.682. The molecule has 2 aromatic carbocycles. The Morgan fingerprint density at radius 1 is 0.917 bits per heavy atom. The van der Waals surface area contributed by atoms with Gasteiger partial charge in [0.25, 0.3) is 11.8 Å². The summed E-state index contributed by atoms with van der Waals surface area (Å²) in [5.74, 6) is -0.0269. The molecule has 0 aliphatic carbocycles. The van der Waals surface area contributed by atoms with E-state index >= 15 is 0 Å². The van der Waals surface area contributed by atoms with E-state index < -0.39 is 0 Å². The van der Waals surface area contributed by atoms with Crippen molar-refractivity contribution in [1.82, 2.24) is 9.47 Å². The lowest BCUT2D eigenvalue weighted by Crippen LogP contribution is -2.35. The molecule has 118 valence electrons. The summed E-state index contributed by atoms with van der Waals surface area (Å²) < 4.78 is 2.32. The normalized spacial score (nSPS) is 19.2. The molecule has 0 spiro atoms. The lowest BCUT2D eigenvalue weighted by molar-refractivity contribution is 0.0628. The minimum Gasteiger partial charge on any atom is -0.344 e. The van der Waals surface area contributed by atoms with Crippen LogP contribution in [0, 0.1) is 5.92 Å². The molecule has 1 atom stereocenters. The van der Waals surface area contributed by atoms with Crippen molar-refractivity contribution in [3.63, 3.8) is 0 Å². The van der Waals surface area contributed by atoms with Crippen molar-refractivity contribution in [1.29, 1.82) is 0 Å². The monoisotopic (exact) mass is 316 g/mol. The van der Waals surface area contributed by atoms with Crippen molar-refractivity contribution in [2.75, 3.05) is 6.54 Å². The molecule has 0 fully saturated rings. The summed E-state index contributed by atoms with van der Waals surface area (Å²) in [4.78, 5) is 26.5. The number of fused-ring (bicyclic) bond motifs is 4. The van der Waals surface area contributed by atoms with E-state index in [4.69, 9.17) is 0 Å². The summed E-state index contributed by atoms with van der Waals surface area (Å²) in [6.07, 6.45) is 0.905. The molecule has 5 rings (SSSR count). The maximum absolute atomic E-state index is 12.5. The van der Waals surface area contributed by atoms with Crippen molar-refractivity contribution in [2.24, 2.45) is 5.92 Å². The highest BCUT2D eigenvalue weighted by molar-refractivity contribution is 6.21. The van der Waals surface area contributed by atoms with Crippen LogP contribution in [0.4, 0.5) is 0 Å². The Kier molecular flexibility index (Phi) is 2.71. The van der Waals surface area contributed by atoms with Gasteiger partial charge in [-0.3, -0.25) is 14.5 Å². The van der Waals surface area contributed by atoms with Crippen molar-refractivity contribution in [3.05, 3.63) is 71.4 Å². The Balaban J connectivity index is 1.40. The molecular formula is C20H16N2O2. The van der Waals surface area contributed by atoms with Gasteiger partial charge in [-0.15, -0.1) is 0 Å². The molecule has 0 bridgehead atoms. The van der Waals surface area contributed by atoms with Gasteiger partial charge in [-0.2, -0.15) is 0 Å². The van der Waals surface area contributed by atoms with Crippen LogP contribution in [0.25, 0.3) is 10.9 Å². The smallest absolute Gasteiger partial charge is 0.261 e. The van der Waals surface area contributed by atoms with Gasteiger partial charge < -0.3 is 4.57 Å². The van der Waals surface area contributed by atoms with Crippen LogP contribution >= 0.6 is 0 Å². The molecule has 0 saturated heterocycles. The Hall–Kier alpha value is -2.88. The molecule has 24 heavy (non-hydrogen) atoms. The van der Waals surface area contributed by atoms with Crippen LogP contribution in [-0.2, 0) is 13.0 Å². The zero-order valence-electron chi connectivity index (χ0n) is 13.1. The van der Waals surface area contributed by atoms with E-state index in [-0.39, 0.29) is 17.7 Å². The highest BCUT2D eigenvalue weighted by Crippen LogP contribution is 2.31. The number of hydrogen-bond donors (Lipinski definition) is 0. The van der Waals surface area contributed by atoms with Crippen LogP contribution in [0.15, 0.2) is 54.6 Å². The standard InChI is InChI=1S/C20H16N2O2/c23-19-16-6-2-3-7-17(16)20(24)22(19)12-13-9-15-10-14-5-1-4-8-18(14)21(15)11-13/h1-8,10,13H,9,11-12H2/t13-/m0/s1. The van der Waals surface area contributed by atoms with Crippen LogP contribution in [0.1, 0.15) is 26.4 Å². The summed E-state index contributed by atoms with van der Waals surface area (Å²) >= 11 is 0. The molecule has 0 saturated carbocycles. The predicted octanol–water partition coefficient (Wildman–Crippen LogP) is 3.11. The fourth-order valence-corrected chi connectivity index (χ4v) is 4.06. The summed E-state index contributed by atoms with van der Waals surface area (Å²) in [5.41, 5.74) is 3.59. The minimum absolute atomic E-state index is 0.156. The summed E-state index contributed by atoms with van der Waals surface area (Å²) in [6.45, 7) is 1.35. The number of carbonyl (C=O) groups excluding carboxylic acids is 2. The molecule has 0 unspecified atom stereocenters. The van der Waals surface area contributed by atoms with E-state index in [1.54, 1.807) is 24.3 Å². The van der Waals surface area contributed by atoms with Gasteiger partial charge in [0.2, 0.25) is 0 Å². The zero-order valence-corrected chi connectivity index (χ0v) is 13.1. The van der Waals surface area contributed by atoms with E-state index in [0.717, 1.165) is 13.0 Å². The number of imide groups is 1. The fourth-order valence-electron chi connectivity index (χ4n) is 4.06. The van der Waals surface area contributed by atoms with Crippen molar-refractivity contribution in [2.45, 2.75) is 13.0 Å². The third kappa shape index (κ3) is 1.80. The van der Waals surface area contributed by atoms with Gasteiger partial charge in [0.1, 0.15) is 0 Å². The molecule has 2 aliphatic heterocycles. The second-order valence-electron chi connectivity index (χ2n) is 6.64. The third-order valence-corrected chi connectivity index (χ3v) is 5.15. The minimum atomic E-state index is -0.156. The van der Waals surface area contributed by atoms with E-state index in [1.165, 1.54) is 21.5 Å². The topological polar surface area (TPSA) is 42.3 Å². The molecule has 0 radical (unpaired) electrons. The van der Waals surface area contributed by atoms with E-state index in [9.17, 15) is 9.59 Å². The zero-order chi connectivity index (χ0) is 16.3. The van der Waals surface area contributed by atoms with Crippen LogP contribution in [-0.4, -0.2) is 27.8 Å². The molecular weight excluding hydrogens is 300 g/mol. The number of nitrogens with zero attached hydrogens (tertiary/aromatic N) is 2. The number of carbonyl (C=O) groups is 2. The van der Waals surface area contributed by atoms with Gasteiger partial charge >= 0.3 is 0 Å². The molecule has 3 aromatic rings. The van der Waals surface area contributed by atoms with Crippen LogP contribution in [0.2, 0.25) is 0 Å². The largest absolute Gasteiger partial charge is 0.344 e. The number of aromatic nitrogens is 1. The molecule has 1 aromatic heterocycles. The molecule has 2 aliphatic rings. The van der Waals surface area contributed by atoms with Crippen LogP contribution in [0.3, 0.4) is 0 Å². The maximum Gasteiger partial charge on any atom is 0.261 e. The van der Waals surface area contributed by atoms with Crippen LogP contribution in [0.5, 0.6) is 0 Å². The van der Waals surface area contributed by atoms with E-state index in [0.29, 0.717) is 17.7 Å². The van der Waals surface area contributed by atoms with Crippen molar-refractivity contribution < 1.29 is 9.59 Å². The summed E-state index contributed by atoms with van der Waals surface area (Å²) in [5, 5.41) is 1.26. The lowest BCUT2D eigenvalue weighted by Gasteiger charge is -2.18. The SMILES string of the molecule is O=C1c2ccccc2C(=O)N1C[C@H]1Cc2cc3ccccc3n2C1. The summed E-state index contributed by atoms with van der Waals surface area (Å²) in [7, 11) is 0. The number of hydrogen-bond acceptors (Lipinski definition) is 2. The number of para-hydroxylation sites is 1. The van der Waals surface area contributed by atoms with Gasteiger partial charge in [-0.1, -0.05) is 30.3 Å². The highest BCUT2D eigenvalue weighted by atomic mass is 16.2. The molecule has 0 N–H and O–H groups in total. The predicted molar refractivity (Wildman–Crippen MR) is 90.9 cm³/mol. The fraction of sp³-hybridized carbons (Fsp3) is 0.200. The Morgan fingerprint density at radius 2 is 1.58 bits per heavy atom. The Bertz CT molecular complexity index is 967. The average molecular weight is 316 g/mol. The van der Waals surface area contributed by atoms with Gasteiger partial charge in [0.05, 0.1) is 11.1 Å². The van der Waals surface area contributed by atoms with Crippen molar-refractivity contribution >= 4 is 22.7 Å². The maximum atomic E-state index is 12.5. The first kappa shape index (κ1) is 13.5. The summed E-state index contributed by atoms with van der Waals surface area (Å²) in [6, 6.07) is 17.7. The first-order valence-corrected chi connectivity index (χ1v) is 8.25. The van der Waals surface area contributed by atoms with E-state index in [2.05, 4.69) is 22.8 Å². The second kappa shape index (κ2) is 4.81. The van der Waals surface area contributed by atoms with Gasteiger partial charge in [0.15, 0.2) is 0 Å². The second-order valence-corrected chi connectivity index (χ2v) is 6.64. The lowest BCUT2D eigenvalue weighted by atomic mass is 10.1. The van der Waals surface area contributed by atoms with Gasteiger partial charge in [0, 0.05) is 30.2 Å². The molecule has 3 heterocycles. The number of benzene rings is 2. The third-order valence-electron chi connectivity index (χ3n) is 5.15. The van der Waals surface area contributed by atoms with Gasteiger partial charge in [-0.25, -0.2) is 0 Å².